The molecule has 0 atom stereocenters. The molecule has 0 aliphatic carbocycles. The van der Waals surface area contributed by atoms with Crippen LogP contribution in [-0.2, 0) is 10.2 Å². The van der Waals surface area contributed by atoms with Gasteiger partial charge < -0.3 is 10.1 Å². The topological polar surface area (TPSA) is 69.0 Å². The number of anilines is 1. The molecule has 4 rings (SSSR count). The lowest BCUT2D eigenvalue weighted by Crippen LogP contribution is -2.15. The molecule has 1 N–H and O–H groups in total. The number of nitrogens with zero attached hydrogens (tertiary/aromatic N) is 3. The second-order valence-corrected chi connectivity index (χ2v) is 10.8. The normalized spacial score (nSPS) is 11.4. The van der Waals surface area contributed by atoms with Crippen LogP contribution in [0, 0.1) is 6.92 Å². The number of carbonyl (C=O) groups excluding carboxylic acids is 1. The van der Waals surface area contributed by atoms with Crippen LogP contribution in [0.5, 0.6) is 5.75 Å². The van der Waals surface area contributed by atoms with Crippen LogP contribution in [0.1, 0.15) is 31.9 Å². The smallest absolute Gasteiger partial charge is 0.234 e. The van der Waals surface area contributed by atoms with Crippen LogP contribution in [-0.4, -0.2) is 33.5 Å². The lowest BCUT2D eigenvalue weighted by atomic mass is 9.87. The van der Waals surface area contributed by atoms with Crippen molar-refractivity contribution in [1.82, 2.24) is 14.8 Å². The summed E-state index contributed by atoms with van der Waals surface area (Å²) >= 11 is 7.36. The van der Waals surface area contributed by atoms with E-state index >= 15 is 0 Å². The SMILES string of the molecule is COc1ccc(-n2c(SCC(=O)Nc3ccc(Cl)cc3C)nnc2-c2ccc(C(C)(C)C)cc2)cc1. The molecule has 1 amide bonds. The Labute approximate surface area is 221 Å². The van der Waals surface area contributed by atoms with E-state index in [2.05, 4.69) is 60.6 Å². The molecule has 6 nitrogen and oxygen atoms in total. The van der Waals surface area contributed by atoms with Crippen molar-refractivity contribution in [3.05, 3.63) is 82.9 Å². The summed E-state index contributed by atoms with van der Waals surface area (Å²) in [7, 11) is 1.64. The Kier molecular flexibility index (Phi) is 7.71. The highest BCUT2D eigenvalue weighted by Crippen LogP contribution is 2.31. The minimum atomic E-state index is -0.134. The number of amides is 1. The molecule has 0 saturated carbocycles. The summed E-state index contributed by atoms with van der Waals surface area (Å²) in [4.78, 5) is 12.7. The van der Waals surface area contributed by atoms with Gasteiger partial charge in [-0.3, -0.25) is 9.36 Å². The number of halogens is 1. The quantitative estimate of drug-likeness (QED) is 0.267. The molecule has 0 fully saturated rings. The second-order valence-electron chi connectivity index (χ2n) is 9.46. The van der Waals surface area contributed by atoms with Gasteiger partial charge >= 0.3 is 0 Å². The number of hydrogen-bond donors (Lipinski definition) is 1. The molecule has 0 aliphatic heterocycles. The molecule has 0 saturated heterocycles. The number of nitrogens with one attached hydrogen (secondary N) is 1. The first-order chi connectivity index (χ1) is 17.2. The molecule has 0 aliphatic rings. The Hall–Kier alpha value is -3.29. The molecular formula is C28H29ClN4O2S. The van der Waals surface area contributed by atoms with Crippen molar-refractivity contribution in [2.45, 2.75) is 38.3 Å². The van der Waals surface area contributed by atoms with Gasteiger partial charge in [0.25, 0.3) is 0 Å². The Morgan fingerprint density at radius 2 is 1.72 bits per heavy atom. The van der Waals surface area contributed by atoms with Crippen LogP contribution in [0.3, 0.4) is 0 Å². The summed E-state index contributed by atoms with van der Waals surface area (Å²) in [5.41, 5.74) is 4.76. The molecule has 0 radical (unpaired) electrons. The first-order valence-corrected chi connectivity index (χ1v) is 12.9. The van der Waals surface area contributed by atoms with Gasteiger partial charge in [0.05, 0.1) is 12.9 Å². The van der Waals surface area contributed by atoms with Gasteiger partial charge in [-0.2, -0.15) is 0 Å². The molecule has 186 valence electrons. The Morgan fingerprint density at radius 1 is 1.03 bits per heavy atom. The maximum atomic E-state index is 12.7. The van der Waals surface area contributed by atoms with Gasteiger partial charge in [0.2, 0.25) is 5.91 Å². The standard InChI is InChI=1S/C28H29ClN4O2S/c1-18-16-21(29)10-15-24(18)30-25(34)17-36-27-32-31-26(19-6-8-20(9-7-19)28(2,3)4)33(27)22-11-13-23(35-5)14-12-22/h6-16H,17H2,1-5H3,(H,30,34). The van der Waals surface area contributed by atoms with Crippen molar-refractivity contribution in [2.75, 3.05) is 18.2 Å². The van der Waals surface area contributed by atoms with Gasteiger partial charge in [-0.1, -0.05) is 68.4 Å². The minimum absolute atomic E-state index is 0.0546. The number of aromatic nitrogens is 3. The van der Waals surface area contributed by atoms with Crippen LogP contribution < -0.4 is 10.1 Å². The van der Waals surface area contributed by atoms with Crippen LogP contribution in [0.15, 0.2) is 71.9 Å². The molecule has 0 unspecified atom stereocenters. The van der Waals surface area contributed by atoms with Gasteiger partial charge in [-0.05, 0) is 65.9 Å². The number of rotatable bonds is 7. The Morgan fingerprint density at radius 3 is 2.33 bits per heavy atom. The monoisotopic (exact) mass is 520 g/mol. The molecular weight excluding hydrogens is 492 g/mol. The fourth-order valence-electron chi connectivity index (χ4n) is 3.72. The number of ether oxygens (including phenoxy) is 1. The van der Waals surface area contributed by atoms with E-state index < -0.39 is 0 Å². The zero-order chi connectivity index (χ0) is 25.9. The number of carbonyl (C=O) groups is 1. The van der Waals surface area contributed by atoms with E-state index in [1.807, 2.05) is 41.8 Å². The largest absolute Gasteiger partial charge is 0.497 e. The molecule has 4 aromatic rings. The van der Waals surface area contributed by atoms with Gasteiger partial charge in [0, 0.05) is 22.0 Å². The van der Waals surface area contributed by atoms with Gasteiger partial charge in [-0.15, -0.1) is 10.2 Å². The number of benzene rings is 3. The van der Waals surface area contributed by atoms with E-state index in [-0.39, 0.29) is 17.1 Å². The van der Waals surface area contributed by atoms with Gasteiger partial charge in [-0.25, -0.2) is 0 Å². The Bertz CT molecular complexity index is 1360. The van der Waals surface area contributed by atoms with Crippen LogP contribution in [0.4, 0.5) is 5.69 Å². The zero-order valence-corrected chi connectivity index (χ0v) is 22.6. The molecule has 1 heterocycles. The highest BCUT2D eigenvalue weighted by molar-refractivity contribution is 7.99. The lowest BCUT2D eigenvalue weighted by Gasteiger charge is -2.19. The van der Waals surface area contributed by atoms with E-state index in [0.717, 1.165) is 28.3 Å². The Balaban J connectivity index is 1.62. The minimum Gasteiger partial charge on any atom is -0.497 e. The lowest BCUT2D eigenvalue weighted by molar-refractivity contribution is -0.113. The van der Waals surface area contributed by atoms with Crippen molar-refractivity contribution >= 4 is 35.0 Å². The predicted molar refractivity (Wildman–Crippen MR) is 148 cm³/mol. The summed E-state index contributed by atoms with van der Waals surface area (Å²) in [6.45, 7) is 8.47. The van der Waals surface area contributed by atoms with E-state index in [1.165, 1.54) is 17.3 Å². The molecule has 0 spiro atoms. The van der Waals surface area contributed by atoms with Crippen molar-refractivity contribution in [1.29, 1.82) is 0 Å². The molecule has 8 heteroatoms. The zero-order valence-electron chi connectivity index (χ0n) is 21.0. The van der Waals surface area contributed by atoms with E-state index in [1.54, 1.807) is 19.2 Å². The number of thioether (sulfide) groups is 1. The van der Waals surface area contributed by atoms with Crippen molar-refractivity contribution in [3.8, 4) is 22.8 Å². The first kappa shape index (κ1) is 25.8. The summed E-state index contributed by atoms with van der Waals surface area (Å²) in [5, 5.41) is 13.1. The summed E-state index contributed by atoms with van der Waals surface area (Å²) in [5.74, 6) is 1.51. The highest BCUT2D eigenvalue weighted by atomic mass is 35.5. The number of aryl methyl sites for hydroxylation is 1. The van der Waals surface area contributed by atoms with Gasteiger partial charge in [0.1, 0.15) is 5.75 Å². The fraction of sp³-hybridized carbons (Fsp3) is 0.250. The van der Waals surface area contributed by atoms with Crippen molar-refractivity contribution < 1.29 is 9.53 Å². The molecule has 0 bridgehead atoms. The average molecular weight is 521 g/mol. The van der Waals surface area contributed by atoms with E-state index in [0.29, 0.717) is 16.0 Å². The fourth-order valence-corrected chi connectivity index (χ4v) is 4.70. The van der Waals surface area contributed by atoms with Crippen LogP contribution in [0.2, 0.25) is 5.02 Å². The maximum Gasteiger partial charge on any atom is 0.234 e. The number of hydrogen-bond acceptors (Lipinski definition) is 5. The summed E-state index contributed by atoms with van der Waals surface area (Å²) < 4.78 is 7.29. The summed E-state index contributed by atoms with van der Waals surface area (Å²) in [6.07, 6.45) is 0. The predicted octanol–water partition coefficient (Wildman–Crippen LogP) is 6.93. The van der Waals surface area contributed by atoms with Crippen LogP contribution >= 0.6 is 23.4 Å². The molecule has 1 aromatic heterocycles. The van der Waals surface area contributed by atoms with Gasteiger partial charge in [0.15, 0.2) is 11.0 Å². The van der Waals surface area contributed by atoms with Crippen molar-refractivity contribution in [3.63, 3.8) is 0 Å². The third kappa shape index (κ3) is 5.91. The third-order valence-corrected chi connectivity index (χ3v) is 6.93. The molecule has 3 aromatic carbocycles. The second kappa shape index (κ2) is 10.8. The summed E-state index contributed by atoms with van der Waals surface area (Å²) in [6, 6.07) is 21.5. The first-order valence-electron chi connectivity index (χ1n) is 11.6. The highest BCUT2D eigenvalue weighted by Gasteiger charge is 2.19. The van der Waals surface area contributed by atoms with Crippen molar-refractivity contribution in [2.24, 2.45) is 0 Å². The van der Waals surface area contributed by atoms with Crippen LogP contribution in [0.25, 0.3) is 17.1 Å². The van der Waals surface area contributed by atoms with E-state index in [9.17, 15) is 4.79 Å². The average Bonchev–Trinajstić information content (AvgIpc) is 3.28. The maximum absolute atomic E-state index is 12.7. The number of methoxy groups -OCH3 is 1. The third-order valence-electron chi connectivity index (χ3n) is 5.77. The molecule has 36 heavy (non-hydrogen) atoms. The van der Waals surface area contributed by atoms with E-state index in [4.69, 9.17) is 16.3 Å².